The summed E-state index contributed by atoms with van der Waals surface area (Å²) in [6.07, 6.45) is 0. The van der Waals surface area contributed by atoms with Crippen molar-refractivity contribution < 1.29 is 0 Å². The standard InChI is InChI=1S/C73H49N/c1-2-16-50(17-3-1)51-34-42-58(43-35-51)73(69-32-14-23-54-20-6-9-26-66(54)69)70-31-11-10-27-68(70)72-67(30-15-33-71(72)73)57-40-48-61(49-41-57)74(59-44-36-55(37-45-59)64-28-12-21-52-18-4-7-24-62(52)64)60-46-38-56(39-47-60)65-29-13-22-53-19-5-8-25-63(53)65/h1-49H. The van der Waals surface area contributed by atoms with Crippen LogP contribution in [-0.4, -0.2) is 0 Å². The van der Waals surface area contributed by atoms with Crippen LogP contribution in [-0.2, 0) is 5.41 Å². The molecule has 1 nitrogen and oxygen atoms in total. The second-order valence-electron chi connectivity index (χ2n) is 19.5. The van der Waals surface area contributed by atoms with Crippen molar-refractivity contribution in [2.45, 2.75) is 5.41 Å². The summed E-state index contributed by atoms with van der Waals surface area (Å²) in [5.41, 5.74) is 20.0. The molecule has 0 bridgehead atoms. The van der Waals surface area contributed by atoms with Crippen LogP contribution >= 0.6 is 0 Å². The Balaban J connectivity index is 0.907. The van der Waals surface area contributed by atoms with Crippen LogP contribution in [0.1, 0.15) is 22.3 Å². The molecule has 1 heteroatoms. The van der Waals surface area contributed by atoms with Gasteiger partial charge in [0.05, 0.1) is 5.41 Å². The molecule has 346 valence electrons. The minimum Gasteiger partial charge on any atom is -0.311 e. The summed E-state index contributed by atoms with van der Waals surface area (Å²) in [7, 11) is 0. The van der Waals surface area contributed by atoms with Gasteiger partial charge in [0.1, 0.15) is 0 Å². The molecular weight excluding hydrogens is 891 g/mol. The van der Waals surface area contributed by atoms with E-state index in [4.69, 9.17) is 0 Å². The average molecular weight is 940 g/mol. The first-order valence-electron chi connectivity index (χ1n) is 25.7. The Bertz CT molecular complexity index is 4070. The molecule has 13 aromatic carbocycles. The molecule has 0 aromatic heterocycles. The second kappa shape index (κ2) is 17.9. The lowest BCUT2D eigenvalue weighted by Gasteiger charge is -2.35. The Morgan fingerprint density at radius 2 is 0.581 bits per heavy atom. The Kier molecular flexibility index (Phi) is 10.5. The lowest BCUT2D eigenvalue weighted by Crippen LogP contribution is -2.29. The van der Waals surface area contributed by atoms with Gasteiger partial charge in [-0.1, -0.05) is 261 Å². The first-order chi connectivity index (χ1) is 36.7. The zero-order chi connectivity index (χ0) is 49.0. The number of anilines is 3. The summed E-state index contributed by atoms with van der Waals surface area (Å²) < 4.78 is 0. The molecule has 74 heavy (non-hydrogen) atoms. The molecule has 1 unspecified atom stereocenters. The van der Waals surface area contributed by atoms with E-state index in [1.807, 2.05) is 0 Å². The van der Waals surface area contributed by atoms with Gasteiger partial charge >= 0.3 is 0 Å². The van der Waals surface area contributed by atoms with E-state index in [2.05, 4.69) is 302 Å². The highest BCUT2D eigenvalue weighted by atomic mass is 15.1. The highest BCUT2D eigenvalue weighted by Gasteiger charge is 2.47. The highest BCUT2D eigenvalue weighted by molar-refractivity contribution is 6.01. The molecule has 0 aliphatic heterocycles. The zero-order valence-corrected chi connectivity index (χ0v) is 40.7. The van der Waals surface area contributed by atoms with E-state index in [0.29, 0.717) is 0 Å². The molecule has 14 rings (SSSR count). The van der Waals surface area contributed by atoms with Crippen LogP contribution in [0.3, 0.4) is 0 Å². The maximum absolute atomic E-state index is 2.39. The molecular formula is C73H49N. The first-order valence-corrected chi connectivity index (χ1v) is 25.7. The maximum Gasteiger partial charge on any atom is 0.0719 e. The molecule has 0 heterocycles. The number of benzene rings is 13. The van der Waals surface area contributed by atoms with E-state index < -0.39 is 5.41 Å². The maximum atomic E-state index is 2.39. The Morgan fingerprint density at radius 3 is 1.16 bits per heavy atom. The molecule has 0 saturated heterocycles. The summed E-state index contributed by atoms with van der Waals surface area (Å²) in [5.74, 6) is 0. The molecule has 0 fully saturated rings. The summed E-state index contributed by atoms with van der Waals surface area (Å²) in [4.78, 5) is 2.39. The molecule has 1 atom stereocenters. The van der Waals surface area contributed by atoms with E-state index in [9.17, 15) is 0 Å². The fraction of sp³-hybridized carbons (Fsp3) is 0.0137. The Labute approximate surface area is 432 Å². The van der Waals surface area contributed by atoms with Gasteiger partial charge in [0, 0.05) is 17.1 Å². The van der Waals surface area contributed by atoms with Gasteiger partial charge in [0.25, 0.3) is 0 Å². The van der Waals surface area contributed by atoms with Crippen LogP contribution in [0.4, 0.5) is 17.1 Å². The smallest absolute Gasteiger partial charge is 0.0719 e. The van der Waals surface area contributed by atoms with Crippen molar-refractivity contribution in [2.75, 3.05) is 4.90 Å². The summed E-state index contributed by atoms with van der Waals surface area (Å²) in [5, 5.41) is 7.49. The lowest BCUT2D eigenvalue weighted by atomic mass is 9.66. The fourth-order valence-corrected chi connectivity index (χ4v) is 12.2. The third kappa shape index (κ3) is 7.08. The van der Waals surface area contributed by atoms with Crippen molar-refractivity contribution in [2.24, 2.45) is 0 Å². The van der Waals surface area contributed by atoms with Crippen molar-refractivity contribution >= 4 is 49.4 Å². The summed E-state index contributed by atoms with van der Waals surface area (Å²) in [6.45, 7) is 0. The predicted molar refractivity (Wildman–Crippen MR) is 313 cm³/mol. The van der Waals surface area contributed by atoms with Crippen molar-refractivity contribution in [1.29, 1.82) is 0 Å². The molecule has 0 amide bonds. The monoisotopic (exact) mass is 939 g/mol. The third-order valence-electron chi connectivity index (χ3n) is 15.6. The number of rotatable bonds is 9. The molecule has 1 aliphatic rings. The number of fused-ring (bicyclic) bond motifs is 6. The predicted octanol–water partition coefficient (Wildman–Crippen LogP) is 19.6. The first kappa shape index (κ1) is 43.2. The van der Waals surface area contributed by atoms with Crippen molar-refractivity contribution in [1.82, 2.24) is 0 Å². The van der Waals surface area contributed by atoms with Gasteiger partial charge in [-0.25, -0.2) is 0 Å². The quantitative estimate of drug-likeness (QED) is 0.139. The lowest BCUT2D eigenvalue weighted by molar-refractivity contribution is 0.776. The molecule has 0 radical (unpaired) electrons. The van der Waals surface area contributed by atoms with Crippen LogP contribution in [0, 0.1) is 0 Å². The molecule has 0 N–H and O–H groups in total. The summed E-state index contributed by atoms with van der Waals surface area (Å²) in [6, 6.07) is 110. The number of hydrogen-bond acceptors (Lipinski definition) is 1. The van der Waals surface area contributed by atoms with Crippen LogP contribution in [0.15, 0.2) is 297 Å². The van der Waals surface area contributed by atoms with Gasteiger partial charge in [0.15, 0.2) is 0 Å². The molecule has 0 spiro atoms. The largest absolute Gasteiger partial charge is 0.311 e. The van der Waals surface area contributed by atoms with E-state index in [0.717, 1.165) is 17.1 Å². The number of hydrogen-bond donors (Lipinski definition) is 0. The van der Waals surface area contributed by atoms with Crippen LogP contribution in [0.25, 0.3) is 88.0 Å². The minimum atomic E-state index is -0.578. The molecule has 13 aromatic rings. The van der Waals surface area contributed by atoms with Crippen LogP contribution in [0.2, 0.25) is 0 Å². The topological polar surface area (TPSA) is 3.24 Å². The fourth-order valence-electron chi connectivity index (χ4n) is 12.2. The van der Waals surface area contributed by atoms with Gasteiger partial charge in [0.2, 0.25) is 0 Å². The van der Waals surface area contributed by atoms with E-state index in [1.54, 1.807) is 0 Å². The van der Waals surface area contributed by atoms with Gasteiger partial charge in [-0.3, -0.25) is 0 Å². The second-order valence-corrected chi connectivity index (χ2v) is 19.5. The van der Waals surface area contributed by atoms with Crippen molar-refractivity contribution in [3.63, 3.8) is 0 Å². The highest BCUT2D eigenvalue weighted by Crippen LogP contribution is 2.59. The van der Waals surface area contributed by atoms with Gasteiger partial charge < -0.3 is 4.90 Å². The van der Waals surface area contributed by atoms with Gasteiger partial charge in [-0.2, -0.15) is 0 Å². The Morgan fingerprint density at radius 1 is 0.216 bits per heavy atom. The Hall–Kier alpha value is -9.56. The summed E-state index contributed by atoms with van der Waals surface area (Å²) >= 11 is 0. The number of nitrogens with zero attached hydrogens (tertiary/aromatic N) is 1. The normalized spacial score (nSPS) is 13.7. The van der Waals surface area contributed by atoms with Gasteiger partial charge in [-0.15, -0.1) is 0 Å². The van der Waals surface area contributed by atoms with Crippen molar-refractivity contribution in [3.05, 3.63) is 320 Å². The average Bonchev–Trinajstić information content (AvgIpc) is 3.88. The van der Waals surface area contributed by atoms with Crippen LogP contribution in [0.5, 0.6) is 0 Å². The van der Waals surface area contributed by atoms with E-state index in [-0.39, 0.29) is 0 Å². The third-order valence-corrected chi connectivity index (χ3v) is 15.6. The molecule has 0 saturated carbocycles. The van der Waals surface area contributed by atoms with E-state index in [1.165, 1.54) is 110 Å². The zero-order valence-electron chi connectivity index (χ0n) is 40.7. The van der Waals surface area contributed by atoms with Crippen LogP contribution < -0.4 is 4.90 Å². The van der Waals surface area contributed by atoms with Crippen molar-refractivity contribution in [3.8, 4) is 55.6 Å². The van der Waals surface area contributed by atoms with E-state index >= 15 is 0 Å². The minimum absolute atomic E-state index is 0.578. The molecule has 1 aliphatic carbocycles. The SMILES string of the molecule is c1ccc(-c2ccc(C3(c4cccc5ccccc45)c4ccccc4-c4c(-c5ccc(N(c6ccc(-c7cccc8ccccc78)cc6)c6ccc(-c7cccc8ccccc78)cc6)cc5)cccc43)cc2)cc1. The van der Waals surface area contributed by atoms with Gasteiger partial charge in [-0.05, 0) is 147 Å².